The average molecular weight is 177 g/mol. The minimum Gasteiger partial charge on any atom is -0.326 e. The first-order valence-corrected chi connectivity index (χ1v) is 4.74. The maximum Gasteiger partial charge on any atom is 0.0270 e. The van der Waals surface area contributed by atoms with Gasteiger partial charge in [-0.25, -0.2) is 0 Å². The van der Waals surface area contributed by atoms with E-state index in [0.717, 1.165) is 19.5 Å². The SMILES string of the molecule is NC1CNCCC1c1ccncc1. The van der Waals surface area contributed by atoms with Gasteiger partial charge in [0, 0.05) is 30.9 Å². The first-order chi connectivity index (χ1) is 6.38. The smallest absolute Gasteiger partial charge is 0.0270 e. The van der Waals surface area contributed by atoms with Gasteiger partial charge in [0.1, 0.15) is 0 Å². The summed E-state index contributed by atoms with van der Waals surface area (Å²) in [7, 11) is 0. The van der Waals surface area contributed by atoms with E-state index in [1.165, 1.54) is 5.56 Å². The van der Waals surface area contributed by atoms with Crippen LogP contribution in [0.25, 0.3) is 0 Å². The van der Waals surface area contributed by atoms with Crippen molar-refractivity contribution < 1.29 is 0 Å². The van der Waals surface area contributed by atoms with Crippen molar-refractivity contribution in [3.8, 4) is 0 Å². The minimum absolute atomic E-state index is 0.246. The van der Waals surface area contributed by atoms with Gasteiger partial charge in [-0.15, -0.1) is 0 Å². The molecule has 1 aliphatic rings. The van der Waals surface area contributed by atoms with Crippen molar-refractivity contribution in [2.24, 2.45) is 5.73 Å². The lowest BCUT2D eigenvalue weighted by molar-refractivity contribution is 0.403. The second-order valence-corrected chi connectivity index (χ2v) is 3.54. The van der Waals surface area contributed by atoms with Gasteiger partial charge in [0.05, 0.1) is 0 Å². The van der Waals surface area contributed by atoms with Gasteiger partial charge >= 0.3 is 0 Å². The number of pyridine rings is 1. The number of rotatable bonds is 1. The van der Waals surface area contributed by atoms with Crippen molar-refractivity contribution in [2.75, 3.05) is 13.1 Å². The quantitative estimate of drug-likeness (QED) is 0.656. The molecule has 0 spiro atoms. The molecule has 13 heavy (non-hydrogen) atoms. The maximum atomic E-state index is 6.03. The van der Waals surface area contributed by atoms with Gasteiger partial charge in [-0.3, -0.25) is 4.98 Å². The van der Waals surface area contributed by atoms with Crippen LogP contribution >= 0.6 is 0 Å². The van der Waals surface area contributed by atoms with Crippen molar-refractivity contribution >= 4 is 0 Å². The zero-order valence-corrected chi connectivity index (χ0v) is 7.61. The van der Waals surface area contributed by atoms with Crippen LogP contribution in [0.1, 0.15) is 17.9 Å². The maximum absolute atomic E-state index is 6.03. The van der Waals surface area contributed by atoms with E-state index >= 15 is 0 Å². The van der Waals surface area contributed by atoms with E-state index in [-0.39, 0.29) is 6.04 Å². The standard InChI is InChI=1S/C10H15N3/c11-10-7-13-6-3-9(10)8-1-4-12-5-2-8/h1-2,4-5,9-10,13H,3,6-7,11H2. The normalized spacial score (nSPS) is 28.7. The molecular formula is C10H15N3. The van der Waals surface area contributed by atoms with Gasteiger partial charge < -0.3 is 11.1 Å². The fraction of sp³-hybridized carbons (Fsp3) is 0.500. The second-order valence-electron chi connectivity index (χ2n) is 3.54. The minimum atomic E-state index is 0.246. The number of nitrogens with zero attached hydrogens (tertiary/aromatic N) is 1. The summed E-state index contributed by atoms with van der Waals surface area (Å²) in [5.74, 6) is 0.504. The number of piperidine rings is 1. The molecule has 3 N–H and O–H groups in total. The molecule has 1 aromatic heterocycles. The third-order valence-corrected chi connectivity index (χ3v) is 2.66. The Hall–Kier alpha value is -0.930. The molecule has 0 bridgehead atoms. The molecule has 2 unspecified atom stereocenters. The predicted molar refractivity (Wildman–Crippen MR) is 52.4 cm³/mol. The highest BCUT2D eigenvalue weighted by molar-refractivity contribution is 5.18. The van der Waals surface area contributed by atoms with Crippen LogP contribution in [-0.4, -0.2) is 24.1 Å². The van der Waals surface area contributed by atoms with Crippen molar-refractivity contribution in [2.45, 2.75) is 18.4 Å². The number of hydrogen-bond donors (Lipinski definition) is 2. The van der Waals surface area contributed by atoms with Gasteiger partial charge in [-0.05, 0) is 30.7 Å². The van der Waals surface area contributed by atoms with Crippen molar-refractivity contribution in [1.29, 1.82) is 0 Å². The lowest BCUT2D eigenvalue weighted by Gasteiger charge is -2.29. The van der Waals surface area contributed by atoms with Gasteiger partial charge in [-0.1, -0.05) is 0 Å². The fourth-order valence-corrected chi connectivity index (χ4v) is 1.91. The molecule has 1 saturated heterocycles. The molecule has 1 aromatic rings. The first kappa shape index (κ1) is 8.66. The Morgan fingerprint density at radius 2 is 2.15 bits per heavy atom. The van der Waals surface area contributed by atoms with Crippen LogP contribution in [0.5, 0.6) is 0 Å². The molecule has 0 amide bonds. The molecule has 70 valence electrons. The van der Waals surface area contributed by atoms with Gasteiger partial charge in [0.2, 0.25) is 0 Å². The van der Waals surface area contributed by atoms with Crippen LogP contribution in [0, 0.1) is 0 Å². The zero-order chi connectivity index (χ0) is 9.10. The van der Waals surface area contributed by atoms with Gasteiger partial charge in [0.15, 0.2) is 0 Å². The Morgan fingerprint density at radius 1 is 1.38 bits per heavy atom. The summed E-state index contributed by atoms with van der Waals surface area (Å²) < 4.78 is 0. The van der Waals surface area contributed by atoms with E-state index < -0.39 is 0 Å². The molecule has 2 rings (SSSR count). The highest BCUT2D eigenvalue weighted by Gasteiger charge is 2.22. The summed E-state index contributed by atoms with van der Waals surface area (Å²) in [6.45, 7) is 1.99. The highest BCUT2D eigenvalue weighted by atomic mass is 14.9. The Bertz CT molecular complexity index is 260. The Kier molecular flexibility index (Phi) is 2.57. The molecule has 1 fully saturated rings. The number of nitrogens with one attached hydrogen (secondary N) is 1. The van der Waals surface area contributed by atoms with Crippen molar-refractivity contribution in [3.05, 3.63) is 30.1 Å². The molecule has 2 heterocycles. The largest absolute Gasteiger partial charge is 0.326 e. The summed E-state index contributed by atoms with van der Waals surface area (Å²) in [5, 5.41) is 3.29. The topological polar surface area (TPSA) is 50.9 Å². The summed E-state index contributed by atoms with van der Waals surface area (Å²) in [6.07, 6.45) is 4.80. The Balaban J connectivity index is 2.15. The third kappa shape index (κ3) is 1.87. The first-order valence-electron chi connectivity index (χ1n) is 4.74. The number of hydrogen-bond acceptors (Lipinski definition) is 3. The lowest BCUT2D eigenvalue weighted by Crippen LogP contribution is -2.44. The van der Waals surface area contributed by atoms with E-state index in [9.17, 15) is 0 Å². The van der Waals surface area contributed by atoms with Crippen LogP contribution in [0.4, 0.5) is 0 Å². The van der Waals surface area contributed by atoms with E-state index in [1.807, 2.05) is 12.4 Å². The Labute approximate surface area is 78.4 Å². The molecular weight excluding hydrogens is 162 g/mol. The summed E-state index contributed by atoms with van der Waals surface area (Å²) >= 11 is 0. The third-order valence-electron chi connectivity index (χ3n) is 2.66. The number of nitrogens with two attached hydrogens (primary N) is 1. The molecule has 0 aromatic carbocycles. The van der Waals surface area contributed by atoms with Crippen molar-refractivity contribution in [1.82, 2.24) is 10.3 Å². The van der Waals surface area contributed by atoms with E-state index in [1.54, 1.807) is 0 Å². The van der Waals surface area contributed by atoms with E-state index in [0.29, 0.717) is 5.92 Å². The highest BCUT2D eigenvalue weighted by Crippen LogP contribution is 2.23. The zero-order valence-electron chi connectivity index (χ0n) is 7.61. The predicted octanol–water partition coefficient (Wildman–Crippen LogP) is 0.486. The van der Waals surface area contributed by atoms with Crippen molar-refractivity contribution in [3.63, 3.8) is 0 Å². The summed E-state index contributed by atoms with van der Waals surface area (Å²) in [4.78, 5) is 4.01. The van der Waals surface area contributed by atoms with Crippen LogP contribution in [0.2, 0.25) is 0 Å². The lowest BCUT2D eigenvalue weighted by atomic mass is 9.87. The van der Waals surface area contributed by atoms with E-state index in [2.05, 4.69) is 22.4 Å². The summed E-state index contributed by atoms with van der Waals surface area (Å²) in [6, 6.07) is 4.38. The molecule has 3 heteroatoms. The average Bonchev–Trinajstić information content (AvgIpc) is 2.20. The molecule has 0 saturated carbocycles. The Morgan fingerprint density at radius 3 is 2.85 bits per heavy atom. The van der Waals surface area contributed by atoms with Crippen LogP contribution in [0.3, 0.4) is 0 Å². The fourth-order valence-electron chi connectivity index (χ4n) is 1.91. The summed E-state index contributed by atoms with van der Waals surface area (Å²) in [5.41, 5.74) is 7.35. The van der Waals surface area contributed by atoms with Gasteiger partial charge in [-0.2, -0.15) is 0 Å². The van der Waals surface area contributed by atoms with Crippen LogP contribution in [-0.2, 0) is 0 Å². The molecule has 1 aliphatic heterocycles. The van der Waals surface area contributed by atoms with Crippen LogP contribution in [0.15, 0.2) is 24.5 Å². The monoisotopic (exact) mass is 177 g/mol. The van der Waals surface area contributed by atoms with E-state index in [4.69, 9.17) is 5.73 Å². The molecule has 2 atom stereocenters. The van der Waals surface area contributed by atoms with Crippen LogP contribution < -0.4 is 11.1 Å². The molecule has 0 radical (unpaired) electrons. The number of aromatic nitrogens is 1. The van der Waals surface area contributed by atoms with Gasteiger partial charge in [0.25, 0.3) is 0 Å². The molecule has 0 aliphatic carbocycles. The second kappa shape index (κ2) is 3.85. The molecule has 3 nitrogen and oxygen atoms in total.